The predicted molar refractivity (Wildman–Crippen MR) is 282 cm³/mol. The number of hydrogen-bond acceptors (Lipinski definition) is 5. The fourth-order valence-electron chi connectivity index (χ4n) is 11.0. The van der Waals surface area contributed by atoms with Crippen molar-refractivity contribution < 1.29 is 23.7 Å². The number of hydrogen-bond donors (Lipinski definition) is 2. The van der Waals surface area contributed by atoms with Gasteiger partial charge in [-0.1, -0.05) is 120 Å². The quantitative estimate of drug-likeness (QED) is 0.163. The molecule has 4 aliphatic carbocycles. The van der Waals surface area contributed by atoms with Gasteiger partial charge in [0.05, 0.1) is 41.3 Å². The van der Waals surface area contributed by atoms with Gasteiger partial charge in [-0.25, -0.2) is 18.1 Å². The number of benzene rings is 4. The molecule has 0 amide bonds. The smallest absolute Gasteiger partial charge is 0.123 e. The van der Waals surface area contributed by atoms with E-state index in [1.165, 1.54) is 53.8 Å². The molecule has 2 aromatic heterocycles. The highest BCUT2D eigenvalue weighted by Crippen LogP contribution is 2.53. The van der Waals surface area contributed by atoms with E-state index in [1.54, 1.807) is 24.3 Å². The summed E-state index contributed by atoms with van der Waals surface area (Å²) in [6, 6.07) is 32.8. The molecule has 70 heavy (non-hydrogen) atoms. The number of nitrogens with zero attached hydrogens (tertiary/aromatic N) is 4. The number of aliphatic hydroxyl groups is 2. The maximum Gasteiger partial charge on any atom is 0.123 e. The summed E-state index contributed by atoms with van der Waals surface area (Å²) in [6.45, 7) is 6.55. The number of fused-ring (bicyclic) bond motifs is 4. The summed E-state index contributed by atoms with van der Waals surface area (Å²) in [7, 11) is 0. The van der Waals surface area contributed by atoms with Crippen LogP contribution in [0.5, 0.6) is 0 Å². The number of aliphatic hydroxyl groups excluding tert-OH is 2. The second-order valence-electron chi connectivity index (χ2n) is 19.1. The van der Waals surface area contributed by atoms with Gasteiger partial charge in [-0.05, 0) is 170 Å². The van der Waals surface area contributed by atoms with Crippen molar-refractivity contribution in [3.63, 3.8) is 0 Å². The summed E-state index contributed by atoms with van der Waals surface area (Å²) in [5.74, 6) is 5.98. The molecule has 3 fully saturated rings. The van der Waals surface area contributed by atoms with E-state index in [4.69, 9.17) is 4.74 Å². The van der Waals surface area contributed by atoms with Crippen LogP contribution in [0, 0.1) is 46.1 Å². The van der Waals surface area contributed by atoms with Crippen LogP contribution >= 0.6 is 0 Å². The van der Waals surface area contributed by atoms with E-state index in [0.29, 0.717) is 0 Å². The third-order valence-electron chi connectivity index (χ3n) is 14.7. The third kappa shape index (κ3) is 11.5. The summed E-state index contributed by atoms with van der Waals surface area (Å²) < 4.78 is 35.4. The minimum Gasteiger partial charge on any atom is -0.389 e. The molecule has 1 aliphatic heterocycles. The van der Waals surface area contributed by atoms with E-state index in [0.717, 1.165) is 104 Å². The molecule has 368 valence electrons. The highest BCUT2D eigenvalue weighted by Gasteiger charge is 2.47. The topological polar surface area (TPSA) is 85.3 Å². The molecule has 6 aromatic rings. The van der Waals surface area contributed by atoms with Gasteiger partial charge in [-0.15, -0.1) is 0 Å². The number of halogens is 2. The van der Waals surface area contributed by atoms with Crippen molar-refractivity contribution in [3.05, 3.63) is 184 Å². The molecular formula is C61H72F2N4O3. The molecular weight excluding hydrogens is 875 g/mol. The van der Waals surface area contributed by atoms with Crippen molar-refractivity contribution in [3.8, 4) is 23.2 Å². The summed E-state index contributed by atoms with van der Waals surface area (Å²) in [4.78, 5) is 0. The Morgan fingerprint density at radius 1 is 0.643 bits per heavy atom. The molecule has 2 saturated carbocycles. The van der Waals surface area contributed by atoms with Crippen LogP contribution in [0.4, 0.5) is 8.78 Å². The van der Waals surface area contributed by atoms with Crippen molar-refractivity contribution in [2.24, 2.45) is 22.7 Å². The van der Waals surface area contributed by atoms with Gasteiger partial charge in [-0.3, -0.25) is 0 Å². The Kier molecular flexibility index (Phi) is 17.9. The highest BCUT2D eigenvalue weighted by atomic mass is 19.1. The second kappa shape index (κ2) is 23.6. The Bertz CT molecular complexity index is 2770. The van der Waals surface area contributed by atoms with Gasteiger partial charge >= 0.3 is 0 Å². The molecule has 1 saturated heterocycles. The first kappa shape index (κ1) is 53.2. The van der Waals surface area contributed by atoms with E-state index >= 15 is 0 Å². The van der Waals surface area contributed by atoms with Gasteiger partial charge in [-0.2, -0.15) is 10.2 Å². The summed E-state index contributed by atoms with van der Waals surface area (Å²) >= 11 is 0. The largest absolute Gasteiger partial charge is 0.389 e. The van der Waals surface area contributed by atoms with Crippen LogP contribution in [0.25, 0.3) is 29.6 Å². The summed E-state index contributed by atoms with van der Waals surface area (Å²) in [6.07, 6.45) is 21.5. The lowest BCUT2D eigenvalue weighted by Crippen LogP contribution is -2.42. The number of allylic oxidation sites excluding steroid dienone is 2. The zero-order chi connectivity index (χ0) is 46.4. The predicted octanol–water partition coefficient (Wildman–Crippen LogP) is 13.7. The highest BCUT2D eigenvalue weighted by molar-refractivity contribution is 5.63. The number of rotatable bonds is 6. The summed E-state index contributed by atoms with van der Waals surface area (Å²) in [5.41, 5.74) is 10.7. The molecule has 11 rings (SSSR count). The molecule has 6 atom stereocenters. The van der Waals surface area contributed by atoms with Crippen molar-refractivity contribution in [2.45, 2.75) is 113 Å². The average Bonchev–Trinajstić information content (AvgIpc) is 4.15. The summed E-state index contributed by atoms with van der Waals surface area (Å²) in [5, 5.41) is 31.4. The Balaban J connectivity index is 0.000000201. The standard InChI is InChI=1S/C27H27FN2O.C27H25FN2O.C4H8O.3CH4/c2*1-27-17-20-18-29-30(23-13-11-22(28)12-14-23)25(20)16-21(27)8-5-9-24(27)26(31)15-10-19-6-3-2-4-7-19;1-2-4-5-3-1;;;/h2-4,6-7,10-16,18,24,26,31H,5,8-9,17H2,1H3;2-4,6-7,11-14,16,18,24,26,31H,5,8-9,17H2,1H3;1-4H2;3*1H4/b15-10+;;;;;/t2*24-,26+,27+;;;;/m11..../s1. The maximum atomic E-state index is 13.4. The van der Waals surface area contributed by atoms with Crippen molar-refractivity contribution in [1.29, 1.82) is 0 Å². The molecule has 7 nitrogen and oxygen atoms in total. The van der Waals surface area contributed by atoms with Gasteiger partial charge in [0.2, 0.25) is 0 Å². The zero-order valence-electron chi connectivity index (χ0n) is 38.5. The van der Waals surface area contributed by atoms with E-state index < -0.39 is 12.2 Å². The van der Waals surface area contributed by atoms with Crippen LogP contribution in [0.15, 0.2) is 139 Å². The Labute approximate surface area is 415 Å². The SMILES string of the molecule is C.C.C.C1CCOC1.C[C@]12Cc3cnn(-c4ccc(F)cc4)c3C=C1CCC[C@@H]2[C@@H](O)/C=C/c1ccccc1.C[C@]12Cc3cnn(-c4ccc(F)cc4)c3C=C1CCC[C@@H]2[C@@H](O)C#Cc1ccccc1. The zero-order valence-corrected chi connectivity index (χ0v) is 38.5. The van der Waals surface area contributed by atoms with E-state index in [-0.39, 0.29) is 56.6 Å². The molecule has 3 heterocycles. The minimum atomic E-state index is -0.678. The molecule has 0 radical (unpaired) electrons. The number of aromatic nitrogens is 4. The van der Waals surface area contributed by atoms with Gasteiger partial charge < -0.3 is 14.9 Å². The fraction of sp³-hybridized carbons (Fsp3) is 0.377. The first-order chi connectivity index (χ1) is 32.6. The fourth-order valence-corrected chi connectivity index (χ4v) is 11.0. The first-order valence-electron chi connectivity index (χ1n) is 23.9. The van der Waals surface area contributed by atoms with Crippen LogP contribution in [-0.2, 0) is 17.6 Å². The van der Waals surface area contributed by atoms with Crippen LogP contribution in [0.1, 0.15) is 121 Å². The van der Waals surface area contributed by atoms with Gasteiger partial charge in [0.15, 0.2) is 0 Å². The van der Waals surface area contributed by atoms with Crippen molar-refractivity contribution in [1.82, 2.24) is 19.6 Å². The lowest BCUT2D eigenvalue weighted by Gasteiger charge is -2.47. The molecule has 5 aliphatic rings. The molecule has 0 bridgehead atoms. The van der Waals surface area contributed by atoms with Gasteiger partial charge in [0, 0.05) is 24.7 Å². The molecule has 9 heteroatoms. The minimum absolute atomic E-state index is 0. The Morgan fingerprint density at radius 3 is 1.60 bits per heavy atom. The monoisotopic (exact) mass is 947 g/mol. The lowest BCUT2D eigenvalue weighted by molar-refractivity contribution is 0.0535. The van der Waals surface area contributed by atoms with Crippen LogP contribution in [0.3, 0.4) is 0 Å². The Morgan fingerprint density at radius 2 is 1.11 bits per heavy atom. The molecule has 4 aromatic carbocycles. The maximum absolute atomic E-state index is 13.4. The van der Waals surface area contributed by atoms with Gasteiger partial charge in [0.1, 0.15) is 17.7 Å². The average molecular weight is 947 g/mol. The van der Waals surface area contributed by atoms with E-state index in [2.05, 4.69) is 48.0 Å². The number of ether oxygens (including phenoxy) is 1. The first-order valence-corrected chi connectivity index (χ1v) is 23.9. The van der Waals surface area contributed by atoms with E-state index in [9.17, 15) is 19.0 Å². The van der Waals surface area contributed by atoms with Crippen LogP contribution < -0.4 is 0 Å². The lowest BCUT2D eigenvalue weighted by atomic mass is 9.58. The molecule has 0 spiro atoms. The normalized spacial score (nSPS) is 22.5. The van der Waals surface area contributed by atoms with Crippen LogP contribution in [0.2, 0.25) is 0 Å². The molecule has 0 unspecified atom stereocenters. The second-order valence-corrected chi connectivity index (χ2v) is 19.1. The van der Waals surface area contributed by atoms with Crippen molar-refractivity contribution in [2.75, 3.05) is 13.2 Å². The third-order valence-corrected chi connectivity index (χ3v) is 14.7. The Hall–Kier alpha value is -6.18. The van der Waals surface area contributed by atoms with Crippen LogP contribution in [-0.4, -0.2) is 55.2 Å². The molecule has 2 N–H and O–H groups in total. The van der Waals surface area contributed by atoms with E-state index in [1.807, 2.05) is 94.6 Å². The van der Waals surface area contributed by atoms with Gasteiger partial charge in [0.25, 0.3) is 0 Å². The van der Waals surface area contributed by atoms with Crippen molar-refractivity contribution >= 4 is 18.2 Å².